The fourth-order valence-electron chi connectivity index (χ4n) is 4.80. The van der Waals surface area contributed by atoms with Crippen molar-refractivity contribution in [3.05, 3.63) is 23.9 Å². The van der Waals surface area contributed by atoms with Crippen LogP contribution < -0.4 is 4.90 Å². The number of pyridine rings is 1. The van der Waals surface area contributed by atoms with E-state index in [1.54, 1.807) is 0 Å². The molecule has 2 aliphatic heterocycles. The molecule has 3 aliphatic rings. The number of anilines is 1. The summed E-state index contributed by atoms with van der Waals surface area (Å²) in [5.74, 6) is 0.505. The summed E-state index contributed by atoms with van der Waals surface area (Å²) >= 11 is 0. The Morgan fingerprint density at radius 1 is 1.00 bits per heavy atom. The van der Waals surface area contributed by atoms with E-state index < -0.39 is 11.7 Å². The van der Waals surface area contributed by atoms with E-state index in [1.807, 2.05) is 9.80 Å². The van der Waals surface area contributed by atoms with Gasteiger partial charge in [-0.3, -0.25) is 14.6 Å². The largest absolute Gasteiger partial charge is 0.416 e. The number of carbonyl (C=O) groups excluding carboxylic acids is 1. The van der Waals surface area contributed by atoms with Crippen molar-refractivity contribution in [1.82, 2.24) is 19.7 Å². The molecule has 0 bridgehead atoms. The zero-order valence-corrected chi connectivity index (χ0v) is 17.3. The van der Waals surface area contributed by atoms with E-state index in [1.165, 1.54) is 31.9 Å². The molecule has 3 fully saturated rings. The number of hydrogen-bond donors (Lipinski definition) is 0. The van der Waals surface area contributed by atoms with Gasteiger partial charge in [0.05, 0.1) is 12.1 Å². The molecule has 4 rings (SSSR count). The van der Waals surface area contributed by atoms with Crippen molar-refractivity contribution in [2.45, 2.75) is 37.9 Å². The van der Waals surface area contributed by atoms with E-state index in [9.17, 15) is 18.0 Å². The summed E-state index contributed by atoms with van der Waals surface area (Å²) in [7, 11) is 0. The number of hydrogen-bond acceptors (Lipinski definition) is 5. The van der Waals surface area contributed by atoms with Crippen LogP contribution in [0.4, 0.5) is 19.0 Å². The third-order valence-corrected chi connectivity index (χ3v) is 6.64. The Hall–Kier alpha value is -1.87. The highest BCUT2D eigenvalue weighted by atomic mass is 19.4. The minimum Gasteiger partial charge on any atom is -0.354 e. The molecule has 0 unspecified atom stereocenters. The molecule has 1 aromatic rings. The van der Waals surface area contributed by atoms with Crippen LogP contribution in [0.5, 0.6) is 0 Å². The number of alkyl halides is 3. The van der Waals surface area contributed by atoms with Gasteiger partial charge in [0.2, 0.25) is 5.91 Å². The molecule has 1 amide bonds. The summed E-state index contributed by atoms with van der Waals surface area (Å²) < 4.78 is 38.8. The second-order valence-corrected chi connectivity index (χ2v) is 8.52. The Morgan fingerprint density at radius 2 is 1.67 bits per heavy atom. The average molecular weight is 425 g/mol. The van der Waals surface area contributed by atoms with E-state index in [4.69, 9.17) is 0 Å². The molecule has 1 saturated carbocycles. The quantitative estimate of drug-likeness (QED) is 0.741. The van der Waals surface area contributed by atoms with Gasteiger partial charge in [-0.1, -0.05) is 12.8 Å². The second-order valence-electron chi connectivity index (χ2n) is 8.52. The van der Waals surface area contributed by atoms with Gasteiger partial charge in [-0.25, -0.2) is 4.98 Å². The third-order valence-electron chi connectivity index (χ3n) is 6.64. The summed E-state index contributed by atoms with van der Waals surface area (Å²) in [5, 5.41) is 0. The van der Waals surface area contributed by atoms with Gasteiger partial charge in [-0.15, -0.1) is 0 Å². The highest BCUT2D eigenvalue weighted by molar-refractivity contribution is 5.78. The summed E-state index contributed by atoms with van der Waals surface area (Å²) in [6.07, 6.45) is 2.07. The van der Waals surface area contributed by atoms with E-state index in [0.717, 1.165) is 38.3 Å². The summed E-state index contributed by atoms with van der Waals surface area (Å²) in [5.41, 5.74) is -0.679. The molecule has 1 aliphatic carbocycles. The van der Waals surface area contributed by atoms with Crippen LogP contribution in [0.1, 0.15) is 31.2 Å². The van der Waals surface area contributed by atoms with E-state index >= 15 is 0 Å². The number of aromatic nitrogens is 1. The third kappa shape index (κ3) is 5.06. The maximum atomic E-state index is 12.9. The van der Waals surface area contributed by atoms with Gasteiger partial charge in [0.15, 0.2) is 0 Å². The lowest BCUT2D eigenvalue weighted by Crippen LogP contribution is -2.55. The first-order chi connectivity index (χ1) is 14.4. The molecule has 166 valence electrons. The number of carbonyl (C=O) groups is 1. The molecule has 30 heavy (non-hydrogen) atoms. The normalized spacial score (nSPS) is 22.6. The summed E-state index contributed by atoms with van der Waals surface area (Å²) in [6.45, 7) is 6.32. The Morgan fingerprint density at radius 3 is 2.30 bits per heavy atom. The SMILES string of the molecule is O=C(CN1CCN(c2cc(C(F)(F)F)ccn2)CC1)N1CCN(C2CCCC2)CC1. The number of nitrogens with zero attached hydrogens (tertiary/aromatic N) is 5. The van der Waals surface area contributed by atoms with Crippen molar-refractivity contribution < 1.29 is 18.0 Å². The number of rotatable bonds is 4. The first-order valence-corrected chi connectivity index (χ1v) is 10.9. The van der Waals surface area contributed by atoms with Crippen LogP contribution in [-0.2, 0) is 11.0 Å². The molecular weight excluding hydrogens is 395 g/mol. The average Bonchev–Trinajstić information content (AvgIpc) is 3.29. The monoisotopic (exact) mass is 425 g/mol. The molecule has 2 saturated heterocycles. The van der Waals surface area contributed by atoms with Gasteiger partial charge in [-0.05, 0) is 25.0 Å². The van der Waals surface area contributed by atoms with Crippen LogP contribution in [0, 0.1) is 0 Å². The van der Waals surface area contributed by atoms with Crippen molar-refractivity contribution in [1.29, 1.82) is 0 Å². The van der Waals surface area contributed by atoms with Crippen molar-refractivity contribution in [2.75, 3.05) is 63.8 Å². The molecule has 6 nitrogen and oxygen atoms in total. The number of amides is 1. The van der Waals surface area contributed by atoms with Crippen molar-refractivity contribution >= 4 is 11.7 Å². The predicted octanol–water partition coefficient (Wildman–Crippen LogP) is 2.31. The fraction of sp³-hybridized carbons (Fsp3) is 0.714. The Kier molecular flexibility index (Phi) is 6.48. The lowest BCUT2D eigenvalue weighted by Gasteiger charge is -2.40. The molecule has 3 heterocycles. The van der Waals surface area contributed by atoms with E-state index in [-0.39, 0.29) is 5.91 Å². The zero-order chi connectivity index (χ0) is 21.1. The topological polar surface area (TPSA) is 42.9 Å². The van der Waals surface area contributed by atoms with Gasteiger partial charge in [-0.2, -0.15) is 13.2 Å². The fourth-order valence-corrected chi connectivity index (χ4v) is 4.80. The first-order valence-electron chi connectivity index (χ1n) is 10.9. The molecule has 1 aromatic heterocycles. The lowest BCUT2D eigenvalue weighted by atomic mass is 10.2. The van der Waals surface area contributed by atoms with Crippen molar-refractivity contribution in [3.63, 3.8) is 0 Å². The van der Waals surface area contributed by atoms with Crippen LogP contribution >= 0.6 is 0 Å². The maximum absolute atomic E-state index is 12.9. The number of halogens is 3. The van der Waals surface area contributed by atoms with Gasteiger partial charge >= 0.3 is 6.18 Å². The van der Waals surface area contributed by atoms with Crippen LogP contribution in [-0.4, -0.2) is 90.5 Å². The van der Waals surface area contributed by atoms with Crippen LogP contribution in [0.2, 0.25) is 0 Å². The molecular formula is C21H30F3N5O. The van der Waals surface area contributed by atoms with E-state index in [2.05, 4.69) is 14.8 Å². The molecule has 9 heteroatoms. The van der Waals surface area contributed by atoms with Crippen LogP contribution in [0.25, 0.3) is 0 Å². The lowest BCUT2D eigenvalue weighted by molar-refractivity contribution is -0.137. The van der Waals surface area contributed by atoms with Gasteiger partial charge < -0.3 is 9.80 Å². The summed E-state index contributed by atoms with van der Waals surface area (Å²) in [6, 6.07) is 2.80. The minimum absolute atomic E-state index is 0.159. The predicted molar refractivity (Wildman–Crippen MR) is 108 cm³/mol. The van der Waals surface area contributed by atoms with Crippen molar-refractivity contribution in [3.8, 4) is 0 Å². The summed E-state index contributed by atoms with van der Waals surface area (Å²) in [4.78, 5) is 25.3. The van der Waals surface area contributed by atoms with Crippen LogP contribution in [0.15, 0.2) is 18.3 Å². The molecule has 0 N–H and O–H groups in total. The van der Waals surface area contributed by atoms with Crippen LogP contribution in [0.3, 0.4) is 0 Å². The number of piperazine rings is 2. The highest BCUT2D eigenvalue weighted by Crippen LogP contribution is 2.31. The van der Waals surface area contributed by atoms with Gasteiger partial charge in [0.25, 0.3) is 0 Å². The van der Waals surface area contributed by atoms with E-state index in [0.29, 0.717) is 44.6 Å². The molecule has 0 aromatic carbocycles. The maximum Gasteiger partial charge on any atom is 0.416 e. The Bertz CT molecular complexity index is 722. The van der Waals surface area contributed by atoms with Crippen molar-refractivity contribution in [2.24, 2.45) is 0 Å². The highest BCUT2D eigenvalue weighted by Gasteiger charge is 2.32. The smallest absolute Gasteiger partial charge is 0.354 e. The molecule has 0 spiro atoms. The van der Waals surface area contributed by atoms with Gasteiger partial charge in [0, 0.05) is 64.6 Å². The zero-order valence-electron chi connectivity index (χ0n) is 17.3. The Labute approximate surface area is 175 Å². The molecule has 0 atom stereocenters. The minimum atomic E-state index is -4.37. The standard InChI is InChI=1S/C21H30F3N5O/c22-21(23,24)17-5-6-25-19(15-17)28-9-7-26(8-10-28)16-20(30)29-13-11-27(12-14-29)18-3-1-2-4-18/h5-6,15,18H,1-4,7-14,16H2. The first kappa shape index (κ1) is 21.4. The van der Waals surface area contributed by atoms with Gasteiger partial charge in [0.1, 0.15) is 5.82 Å². The second kappa shape index (κ2) is 9.09. The molecule has 0 radical (unpaired) electrons. The Balaban J connectivity index is 1.23.